The summed E-state index contributed by atoms with van der Waals surface area (Å²) in [5, 5.41) is 3.20. The molecular formula is C14H21NO2. The molecule has 1 aromatic carbocycles. The molecule has 2 rings (SSSR count). The molecular weight excluding hydrogens is 214 g/mol. The zero-order chi connectivity index (χ0) is 12.1. The van der Waals surface area contributed by atoms with Gasteiger partial charge in [0.05, 0.1) is 7.11 Å². The van der Waals surface area contributed by atoms with Crippen LogP contribution in [-0.4, -0.2) is 26.3 Å². The van der Waals surface area contributed by atoms with E-state index in [1.54, 1.807) is 7.11 Å². The van der Waals surface area contributed by atoms with Crippen molar-refractivity contribution in [2.75, 3.05) is 20.7 Å². The molecule has 0 spiro atoms. The van der Waals surface area contributed by atoms with Gasteiger partial charge in [-0.25, -0.2) is 0 Å². The molecule has 1 aromatic rings. The number of hydrogen-bond acceptors (Lipinski definition) is 3. The SMILES string of the molecule is CNCCC1(Oc2ccc(OC)cc2)CCC1. The van der Waals surface area contributed by atoms with Crippen LogP contribution < -0.4 is 14.8 Å². The second-order valence-corrected chi connectivity index (χ2v) is 4.67. The van der Waals surface area contributed by atoms with Crippen LogP contribution in [0, 0.1) is 0 Å². The van der Waals surface area contributed by atoms with E-state index in [1.165, 1.54) is 19.3 Å². The molecule has 1 aliphatic rings. The van der Waals surface area contributed by atoms with Crippen molar-refractivity contribution in [2.45, 2.75) is 31.3 Å². The van der Waals surface area contributed by atoms with Gasteiger partial charge in [0, 0.05) is 0 Å². The van der Waals surface area contributed by atoms with Crippen LogP contribution in [0.4, 0.5) is 0 Å². The van der Waals surface area contributed by atoms with E-state index in [2.05, 4.69) is 5.32 Å². The summed E-state index contributed by atoms with van der Waals surface area (Å²) in [6, 6.07) is 7.86. The minimum atomic E-state index is 0.0671. The first-order valence-corrected chi connectivity index (χ1v) is 6.26. The lowest BCUT2D eigenvalue weighted by atomic mass is 9.77. The van der Waals surface area contributed by atoms with E-state index >= 15 is 0 Å². The Morgan fingerprint density at radius 1 is 1.18 bits per heavy atom. The van der Waals surface area contributed by atoms with Gasteiger partial charge in [-0.15, -0.1) is 0 Å². The number of benzene rings is 1. The molecule has 0 amide bonds. The van der Waals surface area contributed by atoms with E-state index in [9.17, 15) is 0 Å². The average Bonchev–Trinajstić information content (AvgIpc) is 2.33. The van der Waals surface area contributed by atoms with Gasteiger partial charge in [-0.3, -0.25) is 0 Å². The number of hydrogen-bond donors (Lipinski definition) is 1. The van der Waals surface area contributed by atoms with E-state index in [0.29, 0.717) is 0 Å². The van der Waals surface area contributed by atoms with Gasteiger partial charge < -0.3 is 14.8 Å². The standard InChI is InChI=1S/C14H21NO2/c1-15-11-10-14(8-3-9-14)17-13-6-4-12(16-2)5-7-13/h4-7,15H,3,8-11H2,1-2H3. The summed E-state index contributed by atoms with van der Waals surface area (Å²) >= 11 is 0. The van der Waals surface area contributed by atoms with Gasteiger partial charge in [-0.1, -0.05) is 0 Å². The van der Waals surface area contributed by atoms with E-state index in [0.717, 1.165) is 24.5 Å². The van der Waals surface area contributed by atoms with Crippen LogP contribution in [0.2, 0.25) is 0 Å². The Balaban J connectivity index is 1.97. The molecule has 3 heteroatoms. The van der Waals surface area contributed by atoms with Gasteiger partial charge in [0.1, 0.15) is 17.1 Å². The molecule has 1 aliphatic carbocycles. The van der Waals surface area contributed by atoms with Crippen LogP contribution in [0.25, 0.3) is 0 Å². The lowest BCUT2D eigenvalue weighted by Gasteiger charge is -2.42. The van der Waals surface area contributed by atoms with Crippen LogP contribution in [0.15, 0.2) is 24.3 Å². The smallest absolute Gasteiger partial charge is 0.120 e. The average molecular weight is 235 g/mol. The molecule has 0 radical (unpaired) electrons. The number of nitrogens with one attached hydrogen (secondary N) is 1. The highest BCUT2D eigenvalue weighted by Gasteiger charge is 2.38. The van der Waals surface area contributed by atoms with Crippen molar-refractivity contribution in [3.05, 3.63) is 24.3 Å². The third kappa shape index (κ3) is 2.91. The summed E-state index contributed by atoms with van der Waals surface area (Å²) in [7, 11) is 3.66. The van der Waals surface area contributed by atoms with Gasteiger partial charge >= 0.3 is 0 Å². The van der Waals surface area contributed by atoms with E-state index < -0.39 is 0 Å². The fourth-order valence-electron chi connectivity index (χ4n) is 2.22. The molecule has 1 saturated carbocycles. The molecule has 3 nitrogen and oxygen atoms in total. The topological polar surface area (TPSA) is 30.5 Å². The first kappa shape index (κ1) is 12.2. The van der Waals surface area contributed by atoms with Crippen molar-refractivity contribution in [2.24, 2.45) is 0 Å². The predicted molar refractivity (Wildman–Crippen MR) is 68.7 cm³/mol. The van der Waals surface area contributed by atoms with Gasteiger partial charge in [0.25, 0.3) is 0 Å². The lowest BCUT2D eigenvalue weighted by molar-refractivity contribution is -0.0139. The van der Waals surface area contributed by atoms with E-state index in [4.69, 9.17) is 9.47 Å². The Hall–Kier alpha value is -1.22. The van der Waals surface area contributed by atoms with Gasteiger partial charge in [-0.05, 0) is 63.5 Å². The molecule has 94 valence electrons. The normalized spacial score (nSPS) is 17.3. The molecule has 0 bridgehead atoms. The van der Waals surface area contributed by atoms with Crippen molar-refractivity contribution < 1.29 is 9.47 Å². The monoisotopic (exact) mass is 235 g/mol. The molecule has 0 heterocycles. The largest absolute Gasteiger partial charge is 0.497 e. The van der Waals surface area contributed by atoms with Crippen LogP contribution >= 0.6 is 0 Å². The predicted octanol–water partition coefficient (Wildman–Crippen LogP) is 2.61. The summed E-state index contributed by atoms with van der Waals surface area (Å²) < 4.78 is 11.3. The van der Waals surface area contributed by atoms with Crippen molar-refractivity contribution in [1.29, 1.82) is 0 Å². The third-order valence-corrected chi connectivity index (χ3v) is 3.49. The molecule has 0 aromatic heterocycles. The molecule has 0 unspecified atom stereocenters. The minimum Gasteiger partial charge on any atom is -0.497 e. The maximum Gasteiger partial charge on any atom is 0.120 e. The highest BCUT2D eigenvalue weighted by molar-refractivity contribution is 5.31. The maximum absolute atomic E-state index is 6.14. The zero-order valence-electron chi connectivity index (χ0n) is 10.7. The first-order chi connectivity index (χ1) is 8.28. The van der Waals surface area contributed by atoms with Crippen molar-refractivity contribution in [1.82, 2.24) is 5.32 Å². The van der Waals surface area contributed by atoms with Crippen LogP contribution in [0.3, 0.4) is 0 Å². The summed E-state index contributed by atoms with van der Waals surface area (Å²) in [4.78, 5) is 0. The Morgan fingerprint density at radius 3 is 2.29 bits per heavy atom. The Labute approximate surface area is 103 Å². The summed E-state index contributed by atoms with van der Waals surface area (Å²) in [5.74, 6) is 1.82. The van der Waals surface area contributed by atoms with Gasteiger partial charge in [-0.2, -0.15) is 0 Å². The minimum absolute atomic E-state index is 0.0671. The molecule has 0 aliphatic heterocycles. The third-order valence-electron chi connectivity index (χ3n) is 3.49. The number of methoxy groups -OCH3 is 1. The summed E-state index contributed by atoms with van der Waals surface area (Å²) in [5.41, 5.74) is 0.0671. The Bertz CT molecular complexity index is 344. The van der Waals surface area contributed by atoms with Crippen LogP contribution in [0.1, 0.15) is 25.7 Å². The van der Waals surface area contributed by atoms with Gasteiger partial charge in [0.15, 0.2) is 0 Å². The van der Waals surface area contributed by atoms with Gasteiger partial charge in [0.2, 0.25) is 0 Å². The second-order valence-electron chi connectivity index (χ2n) is 4.67. The molecule has 0 atom stereocenters. The fraction of sp³-hybridized carbons (Fsp3) is 0.571. The summed E-state index contributed by atoms with van der Waals surface area (Å²) in [6.45, 7) is 1.01. The highest BCUT2D eigenvalue weighted by atomic mass is 16.5. The lowest BCUT2D eigenvalue weighted by Crippen LogP contribution is -2.45. The number of ether oxygens (including phenoxy) is 2. The zero-order valence-corrected chi connectivity index (χ0v) is 10.7. The highest BCUT2D eigenvalue weighted by Crippen LogP contribution is 2.39. The second kappa shape index (κ2) is 5.41. The Kier molecular flexibility index (Phi) is 3.89. The van der Waals surface area contributed by atoms with Crippen molar-refractivity contribution in [3.8, 4) is 11.5 Å². The van der Waals surface area contributed by atoms with Crippen LogP contribution in [-0.2, 0) is 0 Å². The Morgan fingerprint density at radius 2 is 1.82 bits per heavy atom. The first-order valence-electron chi connectivity index (χ1n) is 6.26. The molecule has 0 saturated heterocycles. The maximum atomic E-state index is 6.14. The van der Waals surface area contributed by atoms with Crippen LogP contribution in [0.5, 0.6) is 11.5 Å². The molecule has 1 fully saturated rings. The van der Waals surface area contributed by atoms with E-state index in [1.807, 2.05) is 31.3 Å². The fourth-order valence-corrected chi connectivity index (χ4v) is 2.22. The molecule has 1 N–H and O–H groups in total. The number of rotatable bonds is 6. The summed E-state index contributed by atoms with van der Waals surface area (Å²) in [6.07, 6.45) is 4.69. The molecule has 17 heavy (non-hydrogen) atoms. The van der Waals surface area contributed by atoms with E-state index in [-0.39, 0.29) is 5.60 Å². The van der Waals surface area contributed by atoms with Crippen molar-refractivity contribution >= 4 is 0 Å². The quantitative estimate of drug-likeness (QED) is 0.822. The van der Waals surface area contributed by atoms with Crippen molar-refractivity contribution in [3.63, 3.8) is 0 Å².